The highest BCUT2D eigenvalue weighted by Crippen LogP contribution is 2.12. The van der Waals surface area contributed by atoms with Crippen molar-refractivity contribution in [2.24, 2.45) is 0 Å². The normalized spacial score (nSPS) is 12.1. The van der Waals surface area contributed by atoms with Gasteiger partial charge in [-0.1, -0.05) is 29.8 Å². The summed E-state index contributed by atoms with van der Waals surface area (Å²) in [6.45, 7) is 3.94. The van der Waals surface area contributed by atoms with Gasteiger partial charge in [0.15, 0.2) is 0 Å². The van der Waals surface area contributed by atoms with Crippen LogP contribution in [0.4, 0.5) is 0 Å². The Bertz CT molecular complexity index is 500. The maximum atomic E-state index is 11.9. The summed E-state index contributed by atoms with van der Waals surface area (Å²) in [5.41, 5.74) is 2.22. The predicted octanol–water partition coefficient (Wildman–Crippen LogP) is 3.01. The molecule has 18 heavy (non-hydrogen) atoms. The van der Waals surface area contributed by atoms with Gasteiger partial charge in [0.05, 0.1) is 18.7 Å². The molecule has 0 saturated heterocycles. The van der Waals surface area contributed by atoms with Crippen LogP contribution in [-0.4, -0.2) is 5.91 Å². The van der Waals surface area contributed by atoms with Gasteiger partial charge >= 0.3 is 0 Å². The minimum Gasteiger partial charge on any atom is -0.467 e. The van der Waals surface area contributed by atoms with Crippen LogP contribution in [0.1, 0.15) is 29.9 Å². The first-order valence-electron chi connectivity index (χ1n) is 6.03. The van der Waals surface area contributed by atoms with Gasteiger partial charge in [-0.25, -0.2) is 0 Å². The van der Waals surface area contributed by atoms with Crippen LogP contribution in [0.25, 0.3) is 0 Å². The van der Waals surface area contributed by atoms with E-state index in [0.29, 0.717) is 6.42 Å². The van der Waals surface area contributed by atoms with Crippen LogP contribution in [-0.2, 0) is 11.2 Å². The van der Waals surface area contributed by atoms with Gasteiger partial charge in [-0.15, -0.1) is 0 Å². The molecule has 0 unspecified atom stereocenters. The second-order valence-corrected chi connectivity index (χ2v) is 4.47. The zero-order chi connectivity index (χ0) is 13.0. The molecule has 0 bridgehead atoms. The van der Waals surface area contributed by atoms with E-state index in [4.69, 9.17) is 4.42 Å². The van der Waals surface area contributed by atoms with Crippen LogP contribution in [0, 0.1) is 6.92 Å². The number of aryl methyl sites for hydroxylation is 1. The largest absolute Gasteiger partial charge is 0.467 e. The van der Waals surface area contributed by atoms with E-state index >= 15 is 0 Å². The summed E-state index contributed by atoms with van der Waals surface area (Å²) in [7, 11) is 0. The third-order valence-corrected chi connectivity index (χ3v) is 2.83. The van der Waals surface area contributed by atoms with E-state index in [1.54, 1.807) is 6.26 Å². The third-order valence-electron chi connectivity index (χ3n) is 2.83. The van der Waals surface area contributed by atoms with Gasteiger partial charge in [0.2, 0.25) is 5.91 Å². The Morgan fingerprint density at radius 2 is 2.00 bits per heavy atom. The number of hydrogen-bond acceptors (Lipinski definition) is 2. The quantitative estimate of drug-likeness (QED) is 0.897. The maximum Gasteiger partial charge on any atom is 0.224 e. The predicted molar refractivity (Wildman–Crippen MR) is 70.1 cm³/mol. The molecule has 0 aliphatic rings. The molecule has 2 rings (SSSR count). The lowest BCUT2D eigenvalue weighted by molar-refractivity contribution is -0.121. The third kappa shape index (κ3) is 3.23. The first-order valence-corrected chi connectivity index (χ1v) is 6.03. The number of benzene rings is 1. The van der Waals surface area contributed by atoms with Crippen LogP contribution in [0.15, 0.2) is 47.1 Å². The standard InChI is InChI=1S/C15H17NO2/c1-11-5-7-13(8-6-11)10-15(17)16-12(2)14-4-3-9-18-14/h3-9,12H,10H2,1-2H3,(H,16,17)/t12-/m1/s1. The van der Waals surface area contributed by atoms with Crippen molar-refractivity contribution in [3.05, 3.63) is 59.5 Å². The molecule has 1 atom stereocenters. The zero-order valence-electron chi connectivity index (χ0n) is 10.6. The van der Waals surface area contributed by atoms with Gasteiger partial charge in [0.1, 0.15) is 5.76 Å². The fraction of sp³-hybridized carbons (Fsp3) is 0.267. The summed E-state index contributed by atoms with van der Waals surface area (Å²) < 4.78 is 5.25. The van der Waals surface area contributed by atoms with Crippen molar-refractivity contribution < 1.29 is 9.21 Å². The summed E-state index contributed by atoms with van der Waals surface area (Å²) in [5.74, 6) is 0.773. The van der Waals surface area contributed by atoms with E-state index in [9.17, 15) is 4.79 Å². The average Bonchev–Trinajstić information content (AvgIpc) is 2.85. The van der Waals surface area contributed by atoms with Gasteiger partial charge in [0, 0.05) is 0 Å². The van der Waals surface area contributed by atoms with Crippen molar-refractivity contribution in [3.63, 3.8) is 0 Å². The van der Waals surface area contributed by atoms with Crippen LogP contribution in [0.2, 0.25) is 0 Å². The SMILES string of the molecule is Cc1ccc(CC(=O)N[C@H](C)c2ccco2)cc1. The average molecular weight is 243 g/mol. The van der Waals surface area contributed by atoms with E-state index in [2.05, 4.69) is 5.32 Å². The molecule has 0 fully saturated rings. The molecule has 1 heterocycles. The Labute approximate surface area is 107 Å². The van der Waals surface area contributed by atoms with Crippen molar-refractivity contribution >= 4 is 5.91 Å². The van der Waals surface area contributed by atoms with Gasteiger partial charge in [0.25, 0.3) is 0 Å². The lowest BCUT2D eigenvalue weighted by atomic mass is 10.1. The van der Waals surface area contributed by atoms with Crippen LogP contribution < -0.4 is 5.32 Å². The second-order valence-electron chi connectivity index (χ2n) is 4.47. The molecule has 1 N–H and O–H groups in total. The van der Waals surface area contributed by atoms with Crippen molar-refractivity contribution in [1.82, 2.24) is 5.32 Å². The molecule has 1 aromatic heterocycles. The van der Waals surface area contributed by atoms with Crippen molar-refractivity contribution in [2.75, 3.05) is 0 Å². The highest BCUT2D eigenvalue weighted by molar-refractivity contribution is 5.78. The van der Waals surface area contributed by atoms with Gasteiger partial charge in [-0.2, -0.15) is 0 Å². The molecule has 94 valence electrons. The Hall–Kier alpha value is -2.03. The topological polar surface area (TPSA) is 42.2 Å². The molecule has 1 aromatic carbocycles. The number of hydrogen-bond donors (Lipinski definition) is 1. The van der Waals surface area contributed by atoms with Crippen molar-refractivity contribution in [1.29, 1.82) is 0 Å². The molecule has 0 saturated carbocycles. The Kier molecular flexibility index (Phi) is 3.82. The number of amides is 1. The number of furan rings is 1. The smallest absolute Gasteiger partial charge is 0.224 e. The molecule has 2 aromatic rings. The maximum absolute atomic E-state index is 11.9. The molecule has 0 aliphatic heterocycles. The lowest BCUT2D eigenvalue weighted by Crippen LogP contribution is -2.27. The van der Waals surface area contributed by atoms with E-state index in [-0.39, 0.29) is 11.9 Å². The Morgan fingerprint density at radius 3 is 2.61 bits per heavy atom. The Balaban J connectivity index is 1.91. The number of carbonyl (C=O) groups excluding carboxylic acids is 1. The van der Waals surface area contributed by atoms with Crippen LogP contribution in [0.3, 0.4) is 0 Å². The van der Waals surface area contributed by atoms with E-state index in [0.717, 1.165) is 11.3 Å². The number of rotatable bonds is 4. The van der Waals surface area contributed by atoms with Gasteiger partial charge < -0.3 is 9.73 Å². The van der Waals surface area contributed by atoms with Crippen LogP contribution in [0.5, 0.6) is 0 Å². The summed E-state index contributed by atoms with van der Waals surface area (Å²) in [4.78, 5) is 11.9. The van der Waals surface area contributed by atoms with E-state index in [1.165, 1.54) is 5.56 Å². The molecule has 1 amide bonds. The molecule has 0 radical (unpaired) electrons. The van der Waals surface area contributed by atoms with Crippen molar-refractivity contribution in [2.45, 2.75) is 26.3 Å². The molecule has 0 spiro atoms. The highest BCUT2D eigenvalue weighted by Gasteiger charge is 2.11. The summed E-state index contributed by atoms with van der Waals surface area (Å²) in [6.07, 6.45) is 2.00. The van der Waals surface area contributed by atoms with Crippen molar-refractivity contribution in [3.8, 4) is 0 Å². The monoisotopic (exact) mass is 243 g/mol. The first kappa shape index (κ1) is 12.4. The molecule has 3 nitrogen and oxygen atoms in total. The molecular weight excluding hydrogens is 226 g/mol. The first-order chi connectivity index (χ1) is 8.65. The lowest BCUT2D eigenvalue weighted by Gasteiger charge is -2.11. The summed E-state index contributed by atoms with van der Waals surface area (Å²) in [5, 5.41) is 2.91. The molecular formula is C15H17NO2. The molecule has 3 heteroatoms. The minimum atomic E-state index is -0.0991. The fourth-order valence-electron chi connectivity index (χ4n) is 1.79. The zero-order valence-corrected chi connectivity index (χ0v) is 10.6. The number of carbonyl (C=O) groups is 1. The highest BCUT2D eigenvalue weighted by atomic mass is 16.3. The molecule has 0 aliphatic carbocycles. The van der Waals surface area contributed by atoms with E-state index < -0.39 is 0 Å². The number of nitrogens with one attached hydrogen (secondary N) is 1. The van der Waals surface area contributed by atoms with Gasteiger partial charge in [-0.3, -0.25) is 4.79 Å². The van der Waals surface area contributed by atoms with Gasteiger partial charge in [-0.05, 0) is 31.5 Å². The Morgan fingerprint density at radius 1 is 1.28 bits per heavy atom. The minimum absolute atomic E-state index is 0.00255. The second kappa shape index (κ2) is 5.54. The fourth-order valence-corrected chi connectivity index (χ4v) is 1.79. The summed E-state index contributed by atoms with van der Waals surface area (Å²) >= 11 is 0. The van der Waals surface area contributed by atoms with E-state index in [1.807, 2.05) is 50.2 Å². The van der Waals surface area contributed by atoms with Crippen LogP contribution >= 0.6 is 0 Å². The summed E-state index contributed by atoms with van der Waals surface area (Å²) in [6, 6.07) is 11.6.